The zero-order chi connectivity index (χ0) is 23.1. The van der Waals surface area contributed by atoms with Crippen molar-refractivity contribution in [2.24, 2.45) is 5.41 Å². The molecule has 0 spiro atoms. The number of hydrogen-bond donors (Lipinski definition) is 1. The third-order valence-electron chi connectivity index (χ3n) is 6.23. The maximum atomic E-state index is 15.3. The second kappa shape index (κ2) is 8.32. The predicted octanol–water partition coefficient (Wildman–Crippen LogP) is 3.31. The summed E-state index contributed by atoms with van der Waals surface area (Å²) in [7, 11) is 3.55. The van der Waals surface area contributed by atoms with Crippen LogP contribution in [-0.4, -0.2) is 43.8 Å². The largest absolute Gasteiger partial charge is 0.492 e. The van der Waals surface area contributed by atoms with E-state index in [1.807, 2.05) is 28.6 Å². The first-order valence-electron chi connectivity index (χ1n) is 10.1. The molecule has 1 aliphatic rings. The van der Waals surface area contributed by atoms with Crippen molar-refractivity contribution in [3.05, 3.63) is 50.5 Å². The Labute approximate surface area is 186 Å². The number of carboxylic acid groups (broad SMARTS) is 1. The molecule has 0 bridgehead atoms. The molecular weight excluding hydrogens is 424 g/mol. The molecule has 9 heteroatoms. The number of ether oxygens (including phenoxy) is 2. The summed E-state index contributed by atoms with van der Waals surface area (Å²) in [6.45, 7) is 6.95. The van der Waals surface area contributed by atoms with Crippen molar-refractivity contribution in [3.8, 4) is 17.0 Å². The minimum absolute atomic E-state index is 0.0431. The number of rotatable bonds is 6. The number of hydrogen-bond acceptors (Lipinski definition) is 4. The van der Waals surface area contributed by atoms with Crippen molar-refractivity contribution in [3.63, 3.8) is 0 Å². The maximum Gasteiger partial charge on any atom is 0.341 e. The number of carbonyl (C=O) groups is 1. The van der Waals surface area contributed by atoms with Gasteiger partial charge in [-0.15, -0.1) is 0 Å². The van der Waals surface area contributed by atoms with Crippen LogP contribution in [0.15, 0.2) is 23.1 Å². The van der Waals surface area contributed by atoms with E-state index in [0.29, 0.717) is 37.4 Å². The van der Waals surface area contributed by atoms with Gasteiger partial charge in [-0.05, 0) is 29.5 Å². The van der Waals surface area contributed by atoms with Gasteiger partial charge in [-0.3, -0.25) is 4.79 Å². The van der Waals surface area contributed by atoms with Gasteiger partial charge in [0, 0.05) is 37.3 Å². The molecule has 1 aliphatic heterocycles. The van der Waals surface area contributed by atoms with Gasteiger partial charge in [0.25, 0.3) is 0 Å². The molecule has 0 saturated heterocycles. The summed E-state index contributed by atoms with van der Waals surface area (Å²) < 4.78 is 27.8. The van der Waals surface area contributed by atoms with Gasteiger partial charge in [0.05, 0.1) is 17.3 Å². The summed E-state index contributed by atoms with van der Waals surface area (Å²) in [6.07, 6.45) is 2.42. The summed E-state index contributed by atoms with van der Waals surface area (Å²) in [5.74, 6) is -2.08. The number of aromatic nitrogens is 1. The molecule has 1 aromatic heterocycles. The second-order valence-electron chi connectivity index (χ2n) is 9.04. The Balaban J connectivity index is 2.25. The average molecular weight is 450 g/mol. The van der Waals surface area contributed by atoms with E-state index in [9.17, 15) is 14.7 Å². The fourth-order valence-corrected chi connectivity index (χ4v) is 4.13. The highest BCUT2D eigenvalue weighted by Crippen LogP contribution is 2.47. The van der Waals surface area contributed by atoms with E-state index in [2.05, 4.69) is 0 Å². The number of pyridine rings is 1. The summed E-state index contributed by atoms with van der Waals surface area (Å²) in [4.78, 5) is 24.1. The maximum absolute atomic E-state index is 15.3. The van der Waals surface area contributed by atoms with Gasteiger partial charge in [0.2, 0.25) is 5.43 Å². The number of aromatic carboxylic acids is 1. The van der Waals surface area contributed by atoms with Crippen molar-refractivity contribution >= 4 is 25.4 Å². The summed E-state index contributed by atoms with van der Waals surface area (Å²) >= 11 is 6.42. The molecule has 0 fully saturated rings. The number of halogens is 2. The van der Waals surface area contributed by atoms with Crippen LogP contribution in [0.3, 0.4) is 0 Å². The number of benzene rings is 1. The van der Waals surface area contributed by atoms with E-state index < -0.39 is 33.6 Å². The van der Waals surface area contributed by atoms with Crippen molar-refractivity contribution < 1.29 is 23.8 Å². The fraction of sp³-hybridized carbons (Fsp3) is 0.455. The highest BCUT2D eigenvalue weighted by Gasteiger charge is 2.45. The van der Waals surface area contributed by atoms with Gasteiger partial charge >= 0.3 is 5.97 Å². The first kappa shape index (κ1) is 23.4. The predicted molar refractivity (Wildman–Crippen MR) is 120 cm³/mol. The molecule has 0 radical (unpaired) electrons. The van der Waals surface area contributed by atoms with Gasteiger partial charge in [0.15, 0.2) is 5.82 Å². The Bertz CT molecular complexity index is 1090. The third-order valence-corrected chi connectivity index (χ3v) is 6.52. The van der Waals surface area contributed by atoms with Crippen LogP contribution >= 0.6 is 11.6 Å². The van der Waals surface area contributed by atoms with Crippen molar-refractivity contribution in [1.82, 2.24) is 4.57 Å². The van der Waals surface area contributed by atoms with Crippen LogP contribution in [0.5, 0.6) is 5.75 Å². The molecule has 0 amide bonds. The van der Waals surface area contributed by atoms with Crippen molar-refractivity contribution in [2.45, 2.75) is 39.1 Å². The third kappa shape index (κ3) is 3.99. The lowest BCUT2D eigenvalue weighted by atomic mass is 9.56. The molecule has 2 heterocycles. The van der Waals surface area contributed by atoms with E-state index in [1.54, 1.807) is 23.8 Å². The molecule has 1 aromatic carbocycles. The van der Waals surface area contributed by atoms with Gasteiger partial charge in [-0.1, -0.05) is 32.4 Å². The van der Waals surface area contributed by atoms with Crippen LogP contribution in [0.4, 0.5) is 4.39 Å². The molecule has 2 aromatic rings. The number of carboxylic acids is 1. The minimum Gasteiger partial charge on any atom is -0.492 e. The standard InChI is InChI=1S/C22H26BClFNO5/c1-21(2,3)22(23)10-12-8-16(31-7-5-6-30-4)15(24)9-13(12)18-17(25)19(27)14(20(28)29)11-26(18)22/h8-9,11H,5-7,10,23H2,1-4H3,(H,28,29)/t22-/m0/s1. The quantitative estimate of drug-likeness (QED) is 0.541. The minimum atomic E-state index is -1.46. The Morgan fingerprint density at radius 2 is 2.03 bits per heavy atom. The van der Waals surface area contributed by atoms with E-state index in [1.165, 1.54) is 6.20 Å². The molecule has 3 rings (SSSR count). The first-order chi connectivity index (χ1) is 14.4. The lowest BCUT2D eigenvalue weighted by Gasteiger charge is -2.49. The topological polar surface area (TPSA) is 77.8 Å². The Kier molecular flexibility index (Phi) is 6.26. The summed E-state index contributed by atoms with van der Waals surface area (Å²) in [6, 6.07) is 3.37. The summed E-state index contributed by atoms with van der Waals surface area (Å²) in [5.41, 5.74) is -1.55. The molecular formula is C22H26BClFNO5. The van der Waals surface area contributed by atoms with Gasteiger partial charge < -0.3 is 19.1 Å². The van der Waals surface area contributed by atoms with Crippen LogP contribution in [0.1, 0.15) is 43.1 Å². The van der Waals surface area contributed by atoms with E-state index in [0.717, 1.165) is 5.56 Å². The van der Waals surface area contributed by atoms with Crippen LogP contribution in [0.2, 0.25) is 5.02 Å². The van der Waals surface area contributed by atoms with Crippen LogP contribution in [-0.2, 0) is 16.6 Å². The molecule has 0 saturated carbocycles. The highest BCUT2D eigenvalue weighted by atomic mass is 35.5. The SMILES string of the molecule is B[C@@]1(C(C)(C)C)Cc2cc(OCCCOC)c(Cl)cc2-c2c(F)c(=O)c(C(=O)O)cn21. The normalized spacial score (nSPS) is 17.7. The van der Waals surface area contributed by atoms with E-state index >= 15 is 4.39 Å². The van der Waals surface area contributed by atoms with Crippen molar-refractivity contribution in [2.75, 3.05) is 20.3 Å². The van der Waals surface area contributed by atoms with Crippen molar-refractivity contribution in [1.29, 1.82) is 0 Å². The first-order valence-corrected chi connectivity index (χ1v) is 10.4. The van der Waals surface area contributed by atoms with Crippen LogP contribution in [0, 0.1) is 11.2 Å². The molecule has 1 atom stereocenters. The van der Waals surface area contributed by atoms with E-state index in [-0.39, 0.29) is 10.7 Å². The molecule has 0 aliphatic carbocycles. The lowest BCUT2D eigenvalue weighted by molar-refractivity contribution is 0.0692. The number of nitrogens with zero attached hydrogens (tertiary/aromatic N) is 1. The molecule has 1 N–H and O–H groups in total. The molecule has 6 nitrogen and oxygen atoms in total. The zero-order valence-corrected chi connectivity index (χ0v) is 19.1. The summed E-state index contributed by atoms with van der Waals surface area (Å²) in [5, 5.41) is 9.72. The number of methoxy groups -OCH3 is 1. The van der Waals surface area contributed by atoms with Gasteiger partial charge in [-0.25, -0.2) is 9.18 Å². The van der Waals surface area contributed by atoms with Gasteiger partial charge in [-0.2, -0.15) is 0 Å². The average Bonchev–Trinajstić information content (AvgIpc) is 2.67. The Hall–Kier alpha value is -2.32. The molecule has 31 heavy (non-hydrogen) atoms. The molecule has 166 valence electrons. The Morgan fingerprint density at radius 3 is 2.61 bits per heavy atom. The monoisotopic (exact) mass is 449 g/mol. The molecule has 0 unspecified atom stereocenters. The second-order valence-corrected chi connectivity index (χ2v) is 9.45. The van der Waals surface area contributed by atoms with Crippen LogP contribution < -0.4 is 10.2 Å². The zero-order valence-electron chi connectivity index (χ0n) is 18.3. The Morgan fingerprint density at radius 1 is 1.35 bits per heavy atom. The van der Waals surface area contributed by atoms with Crippen LogP contribution in [0.25, 0.3) is 11.3 Å². The fourth-order valence-electron chi connectivity index (χ4n) is 3.91. The number of fused-ring (bicyclic) bond motifs is 3. The highest BCUT2D eigenvalue weighted by molar-refractivity contribution is 6.32. The smallest absolute Gasteiger partial charge is 0.341 e. The van der Waals surface area contributed by atoms with Gasteiger partial charge in [0.1, 0.15) is 19.2 Å². The lowest BCUT2D eigenvalue weighted by Crippen LogP contribution is -2.51. The van der Waals surface area contributed by atoms with E-state index in [4.69, 9.17) is 21.1 Å².